The standard InChI is InChI=1S/C53H34N2/c1-2-14-41(15-3-1)54-51-26-22-36(35-21-25-43-40(29-35)30-39-12-5-6-16-42(39)43)32-47(51)48-33-38(23-27-52(48)54)37-24-28-53-46(31-37)45-18-8-9-19-50(45)55(53)49-20-10-13-34-11-4-7-17-44(34)49/h1-29,31-33H,30H2. The van der Waals surface area contributed by atoms with Crippen molar-refractivity contribution < 1.29 is 0 Å². The van der Waals surface area contributed by atoms with Crippen LogP contribution < -0.4 is 0 Å². The molecule has 0 atom stereocenters. The molecule has 256 valence electrons. The van der Waals surface area contributed by atoms with Crippen molar-refractivity contribution in [3.05, 3.63) is 205 Å². The van der Waals surface area contributed by atoms with Gasteiger partial charge in [0.1, 0.15) is 0 Å². The third-order valence-electron chi connectivity index (χ3n) is 11.9. The van der Waals surface area contributed by atoms with E-state index in [0.717, 1.165) is 6.42 Å². The first kappa shape index (κ1) is 30.3. The van der Waals surface area contributed by atoms with Crippen LogP contribution in [0.5, 0.6) is 0 Å². The van der Waals surface area contributed by atoms with E-state index in [1.54, 1.807) is 0 Å². The van der Waals surface area contributed by atoms with Gasteiger partial charge in [-0.3, -0.25) is 0 Å². The fourth-order valence-corrected chi connectivity index (χ4v) is 9.38. The first-order valence-corrected chi connectivity index (χ1v) is 19.1. The van der Waals surface area contributed by atoms with Gasteiger partial charge in [0.15, 0.2) is 0 Å². The summed E-state index contributed by atoms with van der Waals surface area (Å²) in [7, 11) is 0. The van der Waals surface area contributed by atoms with Crippen molar-refractivity contribution in [2.75, 3.05) is 0 Å². The van der Waals surface area contributed by atoms with Gasteiger partial charge in [-0.2, -0.15) is 0 Å². The van der Waals surface area contributed by atoms with Gasteiger partial charge in [0.25, 0.3) is 0 Å². The minimum Gasteiger partial charge on any atom is -0.309 e. The Hall–Kier alpha value is -7.16. The molecule has 55 heavy (non-hydrogen) atoms. The largest absolute Gasteiger partial charge is 0.309 e. The van der Waals surface area contributed by atoms with Crippen LogP contribution in [0.2, 0.25) is 0 Å². The molecule has 0 aliphatic heterocycles. The molecule has 11 aromatic rings. The van der Waals surface area contributed by atoms with Crippen LogP contribution >= 0.6 is 0 Å². The smallest absolute Gasteiger partial charge is 0.0541 e. The first-order valence-electron chi connectivity index (χ1n) is 19.1. The van der Waals surface area contributed by atoms with Gasteiger partial charge in [-0.25, -0.2) is 0 Å². The summed E-state index contributed by atoms with van der Waals surface area (Å²) in [5.74, 6) is 0. The molecule has 2 nitrogen and oxygen atoms in total. The Morgan fingerprint density at radius 1 is 0.309 bits per heavy atom. The van der Waals surface area contributed by atoms with E-state index in [9.17, 15) is 0 Å². The Bertz CT molecular complexity index is 3340. The normalized spacial score (nSPS) is 12.3. The van der Waals surface area contributed by atoms with Crippen LogP contribution in [-0.4, -0.2) is 9.13 Å². The van der Waals surface area contributed by atoms with Gasteiger partial charge >= 0.3 is 0 Å². The molecule has 0 unspecified atom stereocenters. The molecule has 9 aromatic carbocycles. The highest BCUT2D eigenvalue weighted by Crippen LogP contribution is 2.42. The number of nitrogens with zero attached hydrogens (tertiary/aromatic N) is 2. The lowest BCUT2D eigenvalue weighted by Gasteiger charge is -2.12. The molecule has 0 radical (unpaired) electrons. The number of rotatable bonds is 4. The van der Waals surface area contributed by atoms with Crippen LogP contribution in [0.3, 0.4) is 0 Å². The minimum absolute atomic E-state index is 0.989. The van der Waals surface area contributed by atoms with Crippen molar-refractivity contribution in [3.63, 3.8) is 0 Å². The maximum atomic E-state index is 2.44. The molecule has 1 aliphatic rings. The maximum absolute atomic E-state index is 2.44. The van der Waals surface area contributed by atoms with Crippen LogP contribution in [0.25, 0.3) is 99.1 Å². The number of hydrogen-bond donors (Lipinski definition) is 0. The second-order valence-corrected chi connectivity index (χ2v) is 14.9. The summed E-state index contributed by atoms with van der Waals surface area (Å²) in [6, 6.07) is 71.8. The number of aromatic nitrogens is 2. The zero-order valence-corrected chi connectivity index (χ0v) is 30.1. The molecule has 0 saturated heterocycles. The second kappa shape index (κ2) is 11.7. The lowest BCUT2D eigenvalue weighted by molar-refractivity contribution is 1.18. The van der Waals surface area contributed by atoms with E-state index in [1.165, 1.54) is 110 Å². The molecule has 0 spiro atoms. The Kier molecular flexibility index (Phi) is 6.43. The Labute approximate surface area is 318 Å². The van der Waals surface area contributed by atoms with E-state index in [0.29, 0.717) is 0 Å². The molecular formula is C53H34N2. The predicted octanol–water partition coefficient (Wildman–Crippen LogP) is 13.9. The van der Waals surface area contributed by atoms with E-state index < -0.39 is 0 Å². The summed E-state index contributed by atoms with van der Waals surface area (Å²) in [6.07, 6.45) is 0.989. The molecule has 12 rings (SSSR count). The third kappa shape index (κ3) is 4.55. The molecule has 1 aliphatic carbocycles. The first-order chi connectivity index (χ1) is 27.3. The molecule has 0 bridgehead atoms. The summed E-state index contributed by atoms with van der Waals surface area (Å²) in [5.41, 5.74) is 17.7. The van der Waals surface area contributed by atoms with E-state index in [2.05, 4.69) is 203 Å². The fraction of sp³-hybridized carbons (Fsp3) is 0.0189. The van der Waals surface area contributed by atoms with Crippen LogP contribution in [-0.2, 0) is 6.42 Å². The predicted molar refractivity (Wildman–Crippen MR) is 232 cm³/mol. The van der Waals surface area contributed by atoms with E-state index in [1.807, 2.05) is 0 Å². The van der Waals surface area contributed by atoms with Gasteiger partial charge in [0.05, 0.1) is 27.8 Å². The average molecular weight is 699 g/mol. The molecule has 0 N–H and O–H groups in total. The number of para-hydroxylation sites is 2. The summed E-state index contributed by atoms with van der Waals surface area (Å²) < 4.78 is 4.85. The van der Waals surface area contributed by atoms with Gasteiger partial charge < -0.3 is 9.13 Å². The van der Waals surface area contributed by atoms with Crippen molar-refractivity contribution >= 4 is 54.4 Å². The zero-order chi connectivity index (χ0) is 36.0. The fourth-order valence-electron chi connectivity index (χ4n) is 9.38. The zero-order valence-electron chi connectivity index (χ0n) is 30.1. The monoisotopic (exact) mass is 698 g/mol. The van der Waals surface area contributed by atoms with Crippen molar-refractivity contribution in [3.8, 4) is 44.8 Å². The second-order valence-electron chi connectivity index (χ2n) is 14.9. The summed E-state index contributed by atoms with van der Waals surface area (Å²) in [4.78, 5) is 0. The van der Waals surface area contributed by atoms with Crippen molar-refractivity contribution in [1.82, 2.24) is 9.13 Å². The van der Waals surface area contributed by atoms with Crippen molar-refractivity contribution in [2.24, 2.45) is 0 Å². The van der Waals surface area contributed by atoms with E-state index in [-0.39, 0.29) is 0 Å². The molecule has 0 amide bonds. The van der Waals surface area contributed by atoms with Crippen LogP contribution in [0.15, 0.2) is 194 Å². The molecule has 0 saturated carbocycles. The van der Waals surface area contributed by atoms with Gasteiger partial charge in [-0.15, -0.1) is 0 Å². The number of benzene rings is 9. The quantitative estimate of drug-likeness (QED) is 0.173. The maximum Gasteiger partial charge on any atom is 0.0541 e. The number of hydrogen-bond acceptors (Lipinski definition) is 0. The highest BCUT2D eigenvalue weighted by molar-refractivity contribution is 6.14. The Balaban J connectivity index is 1.04. The van der Waals surface area contributed by atoms with Crippen molar-refractivity contribution in [2.45, 2.75) is 6.42 Å². The van der Waals surface area contributed by atoms with E-state index in [4.69, 9.17) is 0 Å². The Morgan fingerprint density at radius 3 is 1.60 bits per heavy atom. The van der Waals surface area contributed by atoms with Gasteiger partial charge in [-0.05, 0) is 117 Å². The lowest BCUT2D eigenvalue weighted by atomic mass is 9.97. The van der Waals surface area contributed by atoms with Gasteiger partial charge in [0, 0.05) is 32.6 Å². The average Bonchev–Trinajstić information content (AvgIpc) is 3.90. The molecular weight excluding hydrogens is 665 g/mol. The van der Waals surface area contributed by atoms with Crippen LogP contribution in [0.4, 0.5) is 0 Å². The summed E-state index contributed by atoms with van der Waals surface area (Å²) in [6.45, 7) is 0. The SMILES string of the molecule is c1ccc(-n2c3ccc(-c4ccc5c(c4)Cc4ccccc4-5)cc3c3cc(-c4ccc5c(c4)c4ccccc4n5-c4cccc5ccccc45)ccc32)cc1. The minimum atomic E-state index is 0.989. The summed E-state index contributed by atoms with van der Waals surface area (Å²) in [5, 5.41) is 7.53. The van der Waals surface area contributed by atoms with Crippen molar-refractivity contribution in [1.29, 1.82) is 0 Å². The highest BCUT2D eigenvalue weighted by Gasteiger charge is 2.20. The third-order valence-corrected chi connectivity index (χ3v) is 11.9. The van der Waals surface area contributed by atoms with Crippen LogP contribution in [0.1, 0.15) is 11.1 Å². The molecule has 2 heteroatoms. The van der Waals surface area contributed by atoms with E-state index >= 15 is 0 Å². The molecule has 0 fully saturated rings. The molecule has 2 heterocycles. The van der Waals surface area contributed by atoms with Crippen LogP contribution in [0, 0.1) is 0 Å². The lowest BCUT2D eigenvalue weighted by Crippen LogP contribution is -1.95. The molecule has 2 aromatic heterocycles. The topological polar surface area (TPSA) is 9.86 Å². The van der Waals surface area contributed by atoms with Gasteiger partial charge in [-0.1, -0.05) is 133 Å². The summed E-state index contributed by atoms with van der Waals surface area (Å²) >= 11 is 0. The highest BCUT2D eigenvalue weighted by atomic mass is 15.0. The van der Waals surface area contributed by atoms with Gasteiger partial charge in [0.2, 0.25) is 0 Å². The number of fused-ring (bicyclic) bond motifs is 10. The Morgan fingerprint density at radius 2 is 0.836 bits per heavy atom.